The van der Waals surface area contributed by atoms with Crippen molar-refractivity contribution in [2.45, 2.75) is 44.7 Å². The summed E-state index contributed by atoms with van der Waals surface area (Å²) in [6.45, 7) is 5.77. The molecule has 4 heterocycles. The standard InChI is InChI=1S/C18H27N5O.C2HF3O2/c24-17(21-10-1-2-11-21)22-13-6-18(7-14-22)5-3-12-23(15-18)16-19-8-4-9-20-16;3-2(4,5)1(6)7/h4,8-9H,1-3,5-7,10-15H2;(H,6,7). The molecule has 0 aliphatic carbocycles. The lowest BCUT2D eigenvalue weighted by Crippen LogP contribution is -2.53. The summed E-state index contributed by atoms with van der Waals surface area (Å²) in [7, 11) is 0. The molecule has 0 unspecified atom stereocenters. The van der Waals surface area contributed by atoms with E-state index in [0.717, 1.165) is 70.9 Å². The topological polar surface area (TPSA) is 89.9 Å². The number of halogens is 3. The number of urea groups is 1. The predicted molar refractivity (Wildman–Crippen MR) is 107 cm³/mol. The van der Waals surface area contributed by atoms with Crippen LogP contribution >= 0.6 is 0 Å². The number of carboxylic acid groups (broad SMARTS) is 1. The summed E-state index contributed by atoms with van der Waals surface area (Å²) in [6.07, 6.45) is 5.55. The van der Waals surface area contributed by atoms with E-state index in [2.05, 4.69) is 19.8 Å². The maximum atomic E-state index is 12.6. The van der Waals surface area contributed by atoms with Gasteiger partial charge >= 0.3 is 18.2 Å². The predicted octanol–water partition coefficient (Wildman–Crippen LogP) is 3.01. The highest BCUT2D eigenvalue weighted by molar-refractivity contribution is 5.74. The molecule has 4 rings (SSSR count). The van der Waals surface area contributed by atoms with Crippen LogP contribution in [0.1, 0.15) is 38.5 Å². The molecule has 172 valence electrons. The number of carbonyl (C=O) groups excluding carboxylic acids is 1. The Morgan fingerprint density at radius 1 is 0.903 bits per heavy atom. The van der Waals surface area contributed by atoms with Gasteiger partial charge in [0.25, 0.3) is 0 Å². The Bertz CT molecular complexity index is 748. The van der Waals surface area contributed by atoms with Crippen molar-refractivity contribution in [3.8, 4) is 0 Å². The van der Waals surface area contributed by atoms with E-state index in [1.165, 1.54) is 12.8 Å². The summed E-state index contributed by atoms with van der Waals surface area (Å²) >= 11 is 0. The number of aliphatic carboxylic acids is 1. The molecule has 3 aliphatic heterocycles. The zero-order chi connectivity index (χ0) is 22.5. The number of hydrogen-bond donors (Lipinski definition) is 1. The second-order valence-electron chi connectivity index (χ2n) is 8.34. The van der Waals surface area contributed by atoms with Gasteiger partial charge in [-0.1, -0.05) is 0 Å². The minimum atomic E-state index is -5.08. The highest BCUT2D eigenvalue weighted by Crippen LogP contribution is 2.40. The molecule has 1 aromatic rings. The highest BCUT2D eigenvalue weighted by Gasteiger charge is 2.41. The van der Waals surface area contributed by atoms with Crippen LogP contribution in [-0.2, 0) is 4.79 Å². The Labute approximate surface area is 179 Å². The van der Waals surface area contributed by atoms with Crippen LogP contribution in [0.15, 0.2) is 18.5 Å². The van der Waals surface area contributed by atoms with Crippen LogP contribution in [0.4, 0.5) is 23.9 Å². The Hall–Kier alpha value is -2.59. The number of hydrogen-bond acceptors (Lipinski definition) is 5. The van der Waals surface area contributed by atoms with Crippen molar-refractivity contribution in [1.82, 2.24) is 19.8 Å². The molecular weight excluding hydrogens is 415 g/mol. The van der Waals surface area contributed by atoms with E-state index in [4.69, 9.17) is 9.90 Å². The third kappa shape index (κ3) is 5.98. The Morgan fingerprint density at radius 3 is 2.00 bits per heavy atom. The first-order chi connectivity index (χ1) is 14.7. The van der Waals surface area contributed by atoms with Crippen molar-refractivity contribution in [3.05, 3.63) is 18.5 Å². The third-order valence-corrected chi connectivity index (χ3v) is 6.21. The van der Waals surface area contributed by atoms with Crippen LogP contribution in [0.3, 0.4) is 0 Å². The van der Waals surface area contributed by atoms with Crippen LogP contribution in [0, 0.1) is 5.41 Å². The molecule has 3 fully saturated rings. The van der Waals surface area contributed by atoms with Crippen LogP contribution in [0.2, 0.25) is 0 Å². The highest BCUT2D eigenvalue weighted by atomic mass is 19.4. The molecule has 3 aliphatic rings. The van der Waals surface area contributed by atoms with Crippen molar-refractivity contribution < 1.29 is 27.9 Å². The van der Waals surface area contributed by atoms with Gasteiger partial charge < -0.3 is 19.8 Å². The number of likely N-dealkylation sites (tertiary alicyclic amines) is 2. The summed E-state index contributed by atoms with van der Waals surface area (Å²) in [5.74, 6) is -1.90. The molecule has 0 saturated carbocycles. The molecule has 1 aromatic heterocycles. The van der Waals surface area contributed by atoms with Crippen LogP contribution < -0.4 is 4.90 Å². The maximum absolute atomic E-state index is 12.6. The SMILES string of the molecule is O=C(N1CCCC1)N1CCC2(CCCN(c3ncccn3)C2)CC1.O=C(O)C(F)(F)F. The number of piperidine rings is 2. The Morgan fingerprint density at radius 2 is 1.45 bits per heavy atom. The van der Waals surface area contributed by atoms with Gasteiger partial charge in [0, 0.05) is 51.7 Å². The lowest BCUT2D eigenvalue weighted by molar-refractivity contribution is -0.192. The molecule has 0 radical (unpaired) electrons. The van der Waals surface area contributed by atoms with E-state index in [1.807, 2.05) is 23.4 Å². The molecule has 0 aromatic carbocycles. The van der Waals surface area contributed by atoms with Crippen molar-refractivity contribution in [1.29, 1.82) is 0 Å². The summed E-state index contributed by atoms with van der Waals surface area (Å²) in [5.41, 5.74) is 0.333. The number of rotatable bonds is 1. The smallest absolute Gasteiger partial charge is 0.475 e. The molecule has 1 spiro atoms. The van der Waals surface area contributed by atoms with Gasteiger partial charge in [0.15, 0.2) is 0 Å². The molecular formula is C20H28F3N5O3. The Balaban J connectivity index is 0.000000339. The summed E-state index contributed by atoms with van der Waals surface area (Å²) in [5, 5.41) is 7.12. The fourth-order valence-electron chi connectivity index (χ4n) is 4.52. The summed E-state index contributed by atoms with van der Waals surface area (Å²) in [6, 6.07) is 2.13. The zero-order valence-electron chi connectivity index (χ0n) is 17.4. The summed E-state index contributed by atoms with van der Waals surface area (Å²) in [4.78, 5) is 36.8. The minimum absolute atomic E-state index is 0.265. The average Bonchev–Trinajstić information content (AvgIpc) is 3.29. The van der Waals surface area contributed by atoms with Gasteiger partial charge in [0.1, 0.15) is 0 Å². The van der Waals surface area contributed by atoms with Crippen molar-refractivity contribution >= 4 is 17.9 Å². The first kappa shape index (κ1) is 23.1. The Kier molecular flexibility index (Phi) is 7.22. The molecule has 11 heteroatoms. The molecule has 3 saturated heterocycles. The average molecular weight is 443 g/mol. The van der Waals surface area contributed by atoms with E-state index in [-0.39, 0.29) is 6.03 Å². The van der Waals surface area contributed by atoms with Gasteiger partial charge in [0.05, 0.1) is 0 Å². The van der Waals surface area contributed by atoms with Gasteiger partial charge in [-0.25, -0.2) is 19.6 Å². The fraction of sp³-hybridized carbons (Fsp3) is 0.700. The van der Waals surface area contributed by atoms with Crippen LogP contribution in [0.25, 0.3) is 0 Å². The first-order valence-corrected chi connectivity index (χ1v) is 10.6. The first-order valence-electron chi connectivity index (χ1n) is 10.6. The summed E-state index contributed by atoms with van der Waals surface area (Å²) < 4.78 is 31.7. The van der Waals surface area contributed by atoms with Gasteiger partial charge in [-0.3, -0.25) is 0 Å². The third-order valence-electron chi connectivity index (χ3n) is 6.21. The van der Waals surface area contributed by atoms with Crippen molar-refractivity contribution in [3.63, 3.8) is 0 Å². The number of anilines is 1. The van der Waals surface area contributed by atoms with E-state index >= 15 is 0 Å². The van der Waals surface area contributed by atoms with Gasteiger partial charge in [0.2, 0.25) is 5.95 Å². The molecule has 0 atom stereocenters. The number of amides is 2. The minimum Gasteiger partial charge on any atom is -0.475 e. The van der Waals surface area contributed by atoms with Crippen LogP contribution in [0.5, 0.6) is 0 Å². The van der Waals surface area contributed by atoms with E-state index < -0.39 is 12.1 Å². The van der Waals surface area contributed by atoms with Crippen molar-refractivity contribution in [2.75, 3.05) is 44.2 Å². The molecule has 0 bridgehead atoms. The lowest BCUT2D eigenvalue weighted by atomic mass is 9.72. The monoisotopic (exact) mass is 443 g/mol. The number of aromatic nitrogens is 2. The molecule has 8 nitrogen and oxygen atoms in total. The zero-order valence-corrected chi connectivity index (χ0v) is 17.4. The molecule has 2 amide bonds. The number of carbonyl (C=O) groups is 2. The van der Waals surface area contributed by atoms with E-state index in [1.54, 1.807) is 0 Å². The maximum Gasteiger partial charge on any atom is 0.490 e. The van der Waals surface area contributed by atoms with Gasteiger partial charge in [-0.2, -0.15) is 13.2 Å². The largest absolute Gasteiger partial charge is 0.490 e. The molecule has 31 heavy (non-hydrogen) atoms. The number of nitrogens with zero attached hydrogens (tertiary/aromatic N) is 5. The quantitative estimate of drug-likeness (QED) is 0.718. The van der Waals surface area contributed by atoms with Crippen molar-refractivity contribution in [2.24, 2.45) is 5.41 Å². The van der Waals surface area contributed by atoms with Gasteiger partial charge in [-0.05, 0) is 50.0 Å². The van der Waals surface area contributed by atoms with E-state index in [9.17, 15) is 18.0 Å². The van der Waals surface area contributed by atoms with E-state index in [0.29, 0.717) is 5.41 Å². The van der Waals surface area contributed by atoms with Crippen LogP contribution in [-0.4, -0.2) is 82.3 Å². The fourth-order valence-corrected chi connectivity index (χ4v) is 4.52. The number of carboxylic acids is 1. The molecule has 1 N–H and O–H groups in total. The van der Waals surface area contributed by atoms with Gasteiger partial charge in [-0.15, -0.1) is 0 Å². The lowest BCUT2D eigenvalue weighted by Gasteiger charge is -2.48. The second-order valence-corrected chi connectivity index (χ2v) is 8.34. The number of alkyl halides is 3. The normalized spacial score (nSPS) is 20.9. The second kappa shape index (κ2) is 9.69.